The second-order valence-electron chi connectivity index (χ2n) is 17.1. The van der Waals surface area contributed by atoms with Crippen molar-refractivity contribution < 1.29 is 29.6 Å². The molecule has 0 atom stereocenters. The topological polar surface area (TPSA) is 125 Å². The fourth-order valence-corrected chi connectivity index (χ4v) is 9.30. The van der Waals surface area contributed by atoms with E-state index in [0.29, 0.717) is 11.7 Å². The zero-order chi connectivity index (χ0) is 54.1. The molecule has 10 nitrogen and oxygen atoms in total. The zero-order valence-electron chi connectivity index (χ0n) is 41.6. The minimum atomic E-state index is -3.69. The van der Waals surface area contributed by atoms with Crippen LogP contribution in [0.5, 0.6) is 0 Å². The number of hydrogen-bond donors (Lipinski definition) is 2. The molecule has 14 aromatic rings. The number of pyridine rings is 4. The van der Waals surface area contributed by atoms with Crippen LogP contribution in [0.1, 0.15) is 0 Å². The van der Waals surface area contributed by atoms with E-state index in [9.17, 15) is 4.79 Å². The van der Waals surface area contributed by atoms with E-state index < -0.39 is 3.37 Å². The van der Waals surface area contributed by atoms with Gasteiger partial charge in [-0.1, -0.05) is 157 Å². The standard InChI is InChI=1S/C15H10N2.C15H9N2.C13H8ClN.C13H9NO.C4H11NO2.Cl5P.Ir/c2*1-2-7-13-11(5-1)12-6-3-4-8-14(12)17-10-9-16-15(13)17;14-13-11-7-2-1-5-9(11)10-6-3-4-8-12(10)15-13;15-13-11-7-2-1-5-9(11)10-6-3-4-8-12(10)14-13;1-6-4(3-5)7-2;1-6(2,3,4)5;/h1-10H;1-6,8-10H;1-8H;1-8H,(H,14,15);4H,3,5H2,1-2H3;;/q;-1;;;;;. The molecule has 0 bridgehead atoms. The van der Waals surface area contributed by atoms with Crippen LogP contribution in [0.15, 0.2) is 218 Å². The van der Waals surface area contributed by atoms with Crippen LogP contribution in [0.3, 0.4) is 0 Å². The van der Waals surface area contributed by atoms with Gasteiger partial charge in [0.25, 0.3) is 5.56 Å². The van der Waals surface area contributed by atoms with Gasteiger partial charge in [-0.25, -0.2) is 9.97 Å². The summed E-state index contributed by atoms with van der Waals surface area (Å²) in [5.41, 5.74) is 11.3. The van der Waals surface area contributed by atoms with Crippen LogP contribution in [-0.2, 0) is 29.6 Å². The number of methoxy groups -OCH3 is 2. The van der Waals surface area contributed by atoms with Gasteiger partial charge in [0.15, 0.2) is 6.29 Å². The van der Waals surface area contributed by atoms with Crippen molar-refractivity contribution in [3.63, 3.8) is 0 Å². The second kappa shape index (κ2) is 25.9. The first kappa shape index (κ1) is 58.2. The molecule has 8 aromatic carbocycles. The van der Waals surface area contributed by atoms with Crippen LogP contribution >= 0.6 is 71.2 Å². The summed E-state index contributed by atoms with van der Waals surface area (Å²) in [6.07, 6.45) is 7.47. The molecule has 14 rings (SSSR count). The number of para-hydroxylation sites is 4. The molecule has 0 fully saturated rings. The molecule has 1 radical (unpaired) electrons. The molecule has 6 heterocycles. The molecule has 0 unspecified atom stereocenters. The Bertz CT molecular complexity index is 4130. The number of rotatable bonds is 3. The number of fused-ring (bicyclic) bond motifs is 18. The minimum absolute atomic E-state index is 0. The van der Waals surface area contributed by atoms with Gasteiger partial charge in [-0.3, -0.25) is 14.2 Å². The number of nitrogens with two attached hydrogens (primary N) is 1. The molecular weight excluding hydrogens is 1300 g/mol. The Morgan fingerprint density at radius 1 is 0.538 bits per heavy atom. The van der Waals surface area contributed by atoms with Gasteiger partial charge in [0.1, 0.15) is 10.8 Å². The van der Waals surface area contributed by atoms with Crippen molar-refractivity contribution in [3.8, 4) is 0 Å². The summed E-state index contributed by atoms with van der Waals surface area (Å²) >= 11 is 31.0. The average Bonchev–Trinajstić information content (AvgIpc) is 4.32. The van der Waals surface area contributed by atoms with Gasteiger partial charge >= 0.3 is 59.6 Å². The molecule has 397 valence electrons. The largest absolute Gasteiger partial charge is 0.340 e. The molecule has 0 saturated heterocycles. The summed E-state index contributed by atoms with van der Waals surface area (Å²) in [7, 11) is 3.11. The summed E-state index contributed by atoms with van der Waals surface area (Å²) in [4.78, 5) is 27.9. The van der Waals surface area contributed by atoms with Gasteiger partial charge in [-0.2, -0.15) is 0 Å². The number of hydrogen-bond acceptors (Lipinski definition) is 7. The Hall–Kier alpha value is -5.98. The summed E-state index contributed by atoms with van der Waals surface area (Å²) in [5, 5.41) is 14.0. The molecular formula is C60H47Cl6IrN7O3P-. The Morgan fingerprint density at radius 2 is 0.962 bits per heavy atom. The van der Waals surface area contributed by atoms with E-state index in [1.54, 1.807) is 14.2 Å². The number of nitrogens with one attached hydrogen (secondary N) is 1. The summed E-state index contributed by atoms with van der Waals surface area (Å²) in [5.74, 6) is 0. The van der Waals surface area contributed by atoms with E-state index in [0.717, 1.165) is 60.0 Å². The smallest absolute Gasteiger partial charge is 0.256 e. The van der Waals surface area contributed by atoms with Crippen LogP contribution in [0, 0.1) is 6.07 Å². The molecule has 0 aliphatic carbocycles. The zero-order valence-corrected chi connectivity index (χ0v) is 49.4. The Labute approximate surface area is 490 Å². The van der Waals surface area contributed by atoms with Gasteiger partial charge in [0.05, 0.1) is 16.7 Å². The van der Waals surface area contributed by atoms with Crippen molar-refractivity contribution in [3.05, 3.63) is 234 Å². The molecule has 0 amide bonds. The van der Waals surface area contributed by atoms with Crippen molar-refractivity contribution in [1.29, 1.82) is 0 Å². The first-order chi connectivity index (χ1) is 37.2. The third kappa shape index (κ3) is 13.7. The SMILES string of the molecule is COC(CN)OC.ClP(Cl)(Cl)(Cl)Cl.Clc1nc2ccccc2c2ccccc12.O=c1[nH]c2ccccc2c2ccccc12.[Ir].[c-]1cccc2c1c1nccn1c1ccccc21.c1ccc2c(c1)c1ccccc1n1ccnc21. The first-order valence-corrected chi connectivity index (χ1v) is 31.0. The minimum Gasteiger partial charge on any atom is -0.340 e. The number of aromatic nitrogens is 6. The van der Waals surface area contributed by atoms with Gasteiger partial charge in [-0.15, -0.1) is 29.7 Å². The number of nitrogens with zero attached hydrogens (tertiary/aromatic N) is 5. The predicted molar refractivity (Wildman–Crippen MR) is 329 cm³/mol. The van der Waals surface area contributed by atoms with Crippen LogP contribution in [0.25, 0.3) is 98.0 Å². The maximum absolute atomic E-state index is 11.7. The van der Waals surface area contributed by atoms with Gasteiger partial charge in [0, 0.05) is 109 Å². The number of benzene rings is 8. The maximum Gasteiger partial charge on any atom is 0.256 e. The monoisotopic (exact) mass is 1350 g/mol. The molecule has 0 aliphatic heterocycles. The Kier molecular flexibility index (Phi) is 19.3. The second-order valence-corrected chi connectivity index (χ2v) is 34.0. The molecule has 78 heavy (non-hydrogen) atoms. The van der Waals surface area contributed by atoms with E-state index in [-0.39, 0.29) is 32.0 Å². The number of halogens is 6. The molecule has 0 saturated carbocycles. The third-order valence-electron chi connectivity index (χ3n) is 12.4. The summed E-state index contributed by atoms with van der Waals surface area (Å²) < 4.78 is 9.98. The summed E-state index contributed by atoms with van der Waals surface area (Å²) in [6.45, 7) is 0.410. The molecule has 0 aliphatic rings. The van der Waals surface area contributed by atoms with Crippen molar-refractivity contribution in [2.75, 3.05) is 20.8 Å². The molecule has 3 N–H and O–H groups in total. The van der Waals surface area contributed by atoms with Crippen LogP contribution in [0.2, 0.25) is 5.15 Å². The van der Waals surface area contributed by atoms with E-state index in [2.05, 4.69) is 126 Å². The molecule has 0 spiro atoms. The van der Waals surface area contributed by atoms with Crippen molar-refractivity contribution in [2.45, 2.75) is 6.29 Å². The Morgan fingerprint density at radius 3 is 1.54 bits per heavy atom. The quantitative estimate of drug-likeness (QED) is 0.0593. The fourth-order valence-electron chi connectivity index (χ4n) is 9.05. The third-order valence-corrected chi connectivity index (χ3v) is 12.6. The first-order valence-electron chi connectivity index (χ1n) is 23.9. The molecule has 18 heteroatoms. The number of ether oxygens (including phenoxy) is 2. The van der Waals surface area contributed by atoms with Crippen molar-refractivity contribution >= 4 is 169 Å². The average molecular weight is 1350 g/mol. The van der Waals surface area contributed by atoms with Crippen LogP contribution in [-0.4, -0.2) is 55.8 Å². The number of imidazole rings is 2. The Balaban J connectivity index is 0.000000127. The van der Waals surface area contributed by atoms with Gasteiger partial charge in [-0.05, 0) is 51.9 Å². The number of aromatic amines is 1. The van der Waals surface area contributed by atoms with Gasteiger partial charge in [0.2, 0.25) is 0 Å². The van der Waals surface area contributed by atoms with E-state index in [4.69, 9.17) is 83.0 Å². The van der Waals surface area contributed by atoms with E-state index in [1.807, 2.05) is 122 Å². The molecule has 6 aromatic heterocycles. The van der Waals surface area contributed by atoms with Crippen molar-refractivity contribution in [1.82, 2.24) is 28.7 Å². The van der Waals surface area contributed by atoms with Gasteiger partial charge < -0.3 is 24.6 Å². The number of H-pyrrole nitrogens is 1. The maximum atomic E-state index is 11.7. The summed E-state index contributed by atoms with van der Waals surface area (Å²) in [6, 6.07) is 66.2. The van der Waals surface area contributed by atoms with E-state index >= 15 is 0 Å². The van der Waals surface area contributed by atoms with Crippen molar-refractivity contribution in [2.24, 2.45) is 5.73 Å². The normalized spacial score (nSPS) is 11.6. The predicted octanol–water partition coefficient (Wildman–Crippen LogP) is 17.7. The fraction of sp³-hybridized carbons (Fsp3) is 0.0667. The van der Waals surface area contributed by atoms with Crippen LogP contribution < -0.4 is 11.3 Å². The van der Waals surface area contributed by atoms with Crippen LogP contribution in [0.4, 0.5) is 0 Å². The van der Waals surface area contributed by atoms with E-state index in [1.165, 1.54) is 38.0 Å².